The minimum absolute atomic E-state index is 0.193. The van der Waals surface area contributed by atoms with Crippen LogP contribution < -0.4 is 0 Å². The molecule has 0 fully saturated rings. The van der Waals surface area contributed by atoms with E-state index in [0.717, 1.165) is 0 Å². The Kier molecular flexibility index (Phi) is 6.69. The number of aliphatic hydroxyl groups is 1. The number of rotatable bonds is 7. The number of aliphatic hydroxyl groups excluding tert-OH is 1. The average Bonchev–Trinajstić information content (AvgIpc) is 2.16. The van der Waals surface area contributed by atoms with Crippen molar-refractivity contribution in [1.82, 2.24) is 0 Å². The van der Waals surface area contributed by atoms with Gasteiger partial charge in [0.05, 0.1) is 13.2 Å². The molecule has 0 aromatic heterocycles. The van der Waals surface area contributed by atoms with E-state index in [0.29, 0.717) is 13.2 Å². The SMILES string of the molecule is CO[Si](OC)(OCCOC(C)O)C(C)(C)C. The van der Waals surface area contributed by atoms with E-state index in [4.69, 9.17) is 23.1 Å². The second-order valence-electron chi connectivity index (χ2n) is 4.53. The lowest BCUT2D eigenvalue weighted by Gasteiger charge is -2.36. The third-order valence-corrected chi connectivity index (χ3v) is 5.69. The molecule has 1 atom stereocenters. The fourth-order valence-electron chi connectivity index (χ4n) is 1.42. The first-order valence-electron chi connectivity index (χ1n) is 5.33. The summed E-state index contributed by atoms with van der Waals surface area (Å²) in [5.41, 5.74) is 0. The average molecular weight is 252 g/mol. The fraction of sp³-hybridized carbons (Fsp3) is 1.00. The van der Waals surface area contributed by atoms with Crippen molar-refractivity contribution in [2.75, 3.05) is 27.4 Å². The van der Waals surface area contributed by atoms with Crippen LogP contribution in [0.1, 0.15) is 27.7 Å². The maximum absolute atomic E-state index is 8.93. The molecule has 6 heteroatoms. The molecule has 0 rings (SSSR count). The molecule has 0 aromatic carbocycles. The first-order chi connectivity index (χ1) is 7.29. The number of hydrogen-bond acceptors (Lipinski definition) is 5. The van der Waals surface area contributed by atoms with Gasteiger partial charge in [-0.25, -0.2) is 0 Å². The van der Waals surface area contributed by atoms with Gasteiger partial charge in [-0.1, -0.05) is 20.8 Å². The lowest BCUT2D eigenvalue weighted by molar-refractivity contribution is -0.0964. The van der Waals surface area contributed by atoms with Crippen LogP contribution in [0.4, 0.5) is 0 Å². The van der Waals surface area contributed by atoms with Gasteiger partial charge in [0.1, 0.15) is 0 Å². The summed E-state index contributed by atoms with van der Waals surface area (Å²) in [5.74, 6) is 0. The quantitative estimate of drug-likeness (QED) is 0.421. The van der Waals surface area contributed by atoms with E-state index in [1.54, 1.807) is 21.1 Å². The molecule has 0 aromatic rings. The van der Waals surface area contributed by atoms with Crippen LogP contribution in [0.25, 0.3) is 0 Å². The molecule has 0 saturated carbocycles. The van der Waals surface area contributed by atoms with E-state index >= 15 is 0 Å². The zero-order valence-corrected chi connectivity index (χ0v) is 12.1. The molecule has 0 saturated heterocycles. The largest absolute Gasteiger partial charge is 0.506 e. The second-order valence-corrected chi connectivity index (χ2v) is 8.25. The lowest BCUT2D eigenvalue weighted by Crippen LogP contribution is -2.52. The summed E-state index contributed by atoms with van der Waals surface area (Å²) in [4.78, 5) is 0. The molecular weight excluding hydrogens is 228 g/mol. The third kappa shape index (κ3) is 4.48. The van der Waals surface area contributed by atoms with Crippen LogP contribution in [0.15, 0.2) is 0 Å². The van der Waals surface area contributed by atoms with Gasteiger partial charge < -0.3 is 23.1 Å². The Balaban J connectivity index is 4.24. The Morgan fingerprint density at radius 2 is 1.62 bits per heavy atom. The fourth-order valence-corrected chi connectivity index (χ4v) is 3.84. The molecule has 16 heavy (non-hydrogen) atoms. The zero-order valence-electron chi connectivity index (χ0n) is 11.1. The van der Waals surface area contributed by atoms with E-state index in [1.807, 2.05) is 20.8 Å². The summed E-state index contributed by atoms with van der Waals surface area (Å²) < 4.78 is 21.6. The molecule has 0 aliphatic rings. The molecule has 0 amide bonds. The third-order valence-electron chi connectivity index (χ3n) is 2.19. The standard InChI is InChI=1S/C10H24O5Si/c1-9(11)14-7-8-15-16(12-5,13-6)10(2,3)4/h9,11H,7-8H2,1-6H3. The highest BCUT2D eigenvalue weighted by Crippen LogP contribution is 2.37. The Hall–Kier alpha value is 0.0169. The van der Waals surface area contributed by atoms with Crippen LogP contribution in [0, 0.1) is 0 Å². The van der Waals surface area contributed by atoms with Crippen LogP contribution >= 0.6 is 0 Å². The first kappa shape index (κ1) is 16.0. The van der Waals surface area contributed by atoms with Crippen molar-refractivity contribution in [2.24, 2.45) is 0 Å². The highest BCUT2D eigenvalue weighted by molar-refractivity contribution is 6.63. The molecule has 1 N–H and O–H groups in total. The summed E-state index contributed by atoms with van der Waals surface area (Å²) >= 11 is 0. The van der Waals surface area contributed by atoms with Gasteiger partial charge in [-0.2, -0.15) is 0 Å². The Morgan fingerprint density at radius 1 is 1.12 bits per heavy atom. The summed E-state index contributed by atoms with van der Waals surface area (Å²) in [7, 11) is 0.509. The van der Waals surface area contributed by atoms with E-state index in [1.165, 1.54) is 0 Å². The van der Waals surface area contributed by atoms with Crippen LogP contribution in [0.3, 0.4) is 0 Å². The van der Waals surface area contributed by atoms with Gasteiger partial charge in [0.2, 0.25) is 0 Å². The molecule has 5 nitrogen and oxygen atoms in total. The molecule has 0 spiro atoms. The second kappa shape index (κ2) is 6.68. The normalized spacial score (nSPS) is 15.2. The van der Waals surface area contributed by atoms with Crippen molar-refractivity contribution in [3.05, 3.63) is 0 Å². The van der Waals surface area contributed by atoms with Gasteiger partial charge in [0, 0.05) is 19.3 Å². The zero-order chi connectivity index (χ0) is 12.8. The monoisotopic (exact) mass is 252 g/mol. The maximum Gasteiger partial charge on any atom is 0.506 e. The molecule has 0 bridgehead atoms. The topological polar surface area (TPSA) is 57.2 Å². The lowest BCUT2D eigenvalue weighted by atomic mass is 10.3. The van der Waals surface area contributed by atoms with Crippen molar-refractivity contribution in [2.45, 2.75) is 39.0 Å². The smallest absolute Gasteiger partial charge is 0.377 e. The molecule has 0 radical (unpaired) electrons. The van der Waals surface area contributed by atoms with Crippen molar-refractivity contribution in [3.63, 3.8) is 0 Å². The number of ether oxygens (including phenoxy) is 1. The molecule has 0 aliphatic heterocycles. The van der Waals surface area contributed by atoms with Gasteiger partial charge >= 0.3 is 8.80 Å². The van der Waals surface area contributed by atoms with E-state index in [9.17, 15) is 0 Å². The van der Waals surface area contributed by atoms with Crippen molar-refractivity contribution in [1.29, 1.82) is 0 Å². The predicted molar refractivity (Wildman–Crippen MR) is 63.1 cm³/mol. The summed E-state index contributed by atoms with van der Waals surface area (Å²) in [6.45, 7) is 8.26. The first-order valence-corrected chi connectivity index (χ1v) is 7.05. The van der Waals surface area contributed by atoms with Gasteiger partial charge in [-0.15, -0.1) is 0 Å². The van der Waals surface area contributed by atoms with Crippen molar-refractivity contribution < 1.29 is 23.1 Å². The Bertz CT molecular complexity index is 186. The summed E-state index contributed by atoms with van der Waals surface area (Å²) in [6.07, 6.45) is -0.778. The molecule has 1 unspecified atom stereocenters. The molecular formula is C10H24O5Si. The van der Waals surface area contributed by atoms with Gasteiger partial charge in [-0.3, -0.25) is 0 Å². The number of hydrogen-bond donors (Lipinski definition) is 1. The molecule has 98 valence electrons. The van der Waals surface area contributed by atoms with Crippen LogP contribution in [-0.2, 0) is 18.0 Å². The van der Waals surface area contributed by atoms with Gasteiger partial charge in [-0.05, 0) is 6.92 Å². The van der Waals surface area contributed by atoms with Crippen LogP contribution in [-0.4, -0.2) is 47.6 Å². The van der Waals surface area contributed by atoms with Crippen LogP contribution in [0.5, 0.6) is 0 Å². The van der Waals surface area contributed by atoms with E-state index < -0.39 is 15.1 Å². The molecule has 0 heterocycles. The van der Waals surface area contributed by atoms with E-state index in [2.05, 4.69) is 0 Å². The minimum Gasteiger partial charge on any atom is -0.377 e. The highest BCUT2D eigenvalue weighted by Gasteiger charge is 2.51. The highest BCUT2D eigenvalue weighted by atomic mass is 28.4. The Labute approximate surface area is 99.0 Å². The Morgan fingerprint density at radius 3 is 1.94 bits per heavy atom. The molecule has 0 aliphatic carbocycles. The minimum atomic E-state index is -2.68. The van der Waals surface area contributed by atoms with Gasteiger partial charge in [0.15, 0.2) is 6.29 Å². The summed E-state index contributed by atoms with van der Waals surface area (Å²) in [5, 5.41) is 8.73. The van der Waals surface area contributed by atoms with Crippen molar-refractivity contribution >= 4 is 8.80 Å². The van der Waals surface area contributed by atoms with Crippen LogP contribution in [0.2, 0.25) is 5.04 Å². The van der Waals surface area contributed by atoms with Crippen molar-refractivity contribution in [3.8, 4) is 0 Å². The maximum atomic E-state index is 8.93. The predicted octanol–water partition coefficient (Wildman–Crippen LogP) is 1.39. The van der Waals surface area contributed by atoms with E-state index in [-0.39, 0.29) is 5.04 Å². The summed E-state index contributed by atoms with van der Waals surface area (Å²) in [6, 6.07) is 0. The van der Waals surface area contributed by atoms with Gasteiger partial charge in [0.25, 0.3) is 0 Å².